The standard InChI is InChI=1S/C26H28O3.C7H15NO2/c1-13-10-18(14(2)12-27)11-20-16(4)23-15(3)19-8-7-9-21(29-6)24(19)17(5)25(23)26(28)22(13)20;1-4-3-6(8)7(9)5(2)10-4/h7-9,13,18,27-28H,2-3,5,10-12H2,1,4,6H3;4-7,9H,3,8H2,1-2H3/t13?,18-;/m0./s1. The Morgan fingerprint density at radius 3 is 2.41 bits per heavy atom. The van der Waals surface area contributed by atoms with Gasteiger partial charge in [0.25, 0.3) is 0 Å². The molecular weight excluding hydrogens is 490 g/mol. The van der Waals surface area contributed by atoms with Crippen molar-refractivity contribution in [3.05, 3.63) is 57.5 Å². The van der Waals surface area contributed by atoms with E-state index in [-0.39, 0.29) is 36.7 Å². The van der Waals surface area contributed by atoms with E-state index in [0.717, 1.165) is 79.3 Å². The molecule has 0 aromatic heterocycles. The lowest BCUT2D eigenvalue weighted by atomic mass is 9.72. The van der Waals surface area contributed by atoms with Crippen LogP contribution >= 0.6 is 0 Å². The fraction of sp³-hybridized carbons (Fsp3) is 0.455. The van der Waals surface area contributed by atoms with E-state index in [0.29, 0.717) is 5.75 Å². The number of hydrogen-bond acceptors (Lipinski definition) is 6. The minimum Gasteiger partial charge on any atom is -0.507 e. The van der Waals surface area contributed by atoms with Crippen molar-refractivity contribution in [1.29, 1.82) is 0 Å². The summed E-state index contributed by atoms with van der Waals surface area (Å²) in [5.74, 6) is 1.42. The molecule has 6 atom stereocenters. The first kappa shape index (κ1) is 29.1. The zero-order valence-corrected chi connectivity index (χ0v) is 23.9. The average Bonchev–Trinajstić information content (AvgIpc) is 2.91. The fourth-order valence-electron chi connectivity index (χ4n) is 6.61. The Kier molecular flexibility index (Phi) is 8.43. The molecule has 3 aromatic carbocycles. The molecule has 1 heterocycles. The first-order chi connectivity index (χ1) is 18.4. The zero-order chi connectivity index (χ0) is 28.8. The van der Waals surface area contributed by atoms with Crippen molar-refractivity contribution >= 4 is 34.7 Å². The van der Waals surface area contributed by atoms with Crippen molar-refractivity contribution < 1.29 is 24.8 Å². The Labute approximate surface area is 231 Å². The van der Waals surface area contributed by atoms with E-state index in [2.05, 4.69) is 33.6 Å². The third kappa shape index (κ3) is 5.07. The highest BCUT2D eigenvalue weighted by Gasteiger charge is 2.32. The smallest absolute Gasteiger partial charge is 0.127 e. The number of phenols is 1. The Morgan fingerprint density at radius 1 is 1.10 bits per heavy atom. The van der Waals surface area contributed by atoms with Gasteiger partial charge in [0.1, 0.15) is 11.5 Å². The minimum absolute atomic E-state index is 0.000620. The molecule has 0 saturated carbocycles. The van der Waals surface area contributed by atoms with Crippen molar-refractivity contribution in [2.45, 2.75) is 77.2 Å². The molecule has 0 amide bonds. The van der Waals surface area contributed by atoms with Gasteiger partial charge in [0.05, 0.1) is 32.0 Å². The van der Waals surface area contributed by atoms with Gasteiger partial charge in [-0.15, -0.1) is 0 Å². The summed E-state index contributed by atoms with van der Waals surface area (Å²) in [5, 5.41) is 35.6. The molecule has 5 unspecified atom stereocenters. The van der Waals surface area contributed by atoms with Crippen molar-refractivity contribution in [3.63, 3.8) is 0 Å². The van der Waals surface area contributed by atoms with E-state index in [1.807, 2.05) is 32.0 Å². The van der Waals surface area contributed by atoms with Crippen LogP contribution < -0.4 is 20.9 Å². The molecule has 210 valence electrons. The quantitative estimate of drug-likeness (QED) is 0.301. The van der Waals surface area contributed by atoms with E-state index in [4.69, 9.17) is 15.2 Å². The van der Waals surface area contributed by atoms with Crippen LogP contribution in [-0.4, -0.2) is 53.4 Å². The first-order valence-corrected chi connectivity index (χ1v) is 13.7. The average molecular weight is 534 g/mol. The van der Waals surface area contributed by atoms with Crippen LogP contribution in [0.15, 0.2) is 30.4 Å². The molecular formula is C33H43NO5. The van der Waals surface area contributed by atoms with Gasteiger partial charge in [0.2, 0.25) is 0 Å². The molecule has 1 fully saturated rings. The monoisotopic (exact) mass is 533 g/mol. The SMILES string of the molecule is C=C(CO)[C@@H]1Cc2c(c(O)c3c(=C)c4c(OC)cccc4c(=C)c3c2C)C(C)C1.CC1CC(N)C(O)C(C)O1. The number of hydrogen-bond donors (Lipinski definition) is 4. The summed E-state index contributed by atoms with van der Waals surface area (Å²) < 4.78 is 10.9. The second-order valence-electron chi connectivity index (χ2n) is 11.4. The molecule has 2 aliphatic rings. The van der Waals surface area contributed by atoms with Crippen LogP contribution in [0.5, 0.6) is 11.5 Å². The van der Waals surface area contributed by atoms with Gasteiger partial charge in [-0.05, 0) is 95.8 Å². The summed E-state index contributed by atoms with van der Waals surface area (Å²) in [7, 11) is 1.65. The van der Waals surface area contributed by atoms with Crippen LogP contribution in [0, 0.1) is 12.8 Å². The number of nitrogens with two attached hydrogens (primary N) is 1. The van der Waals surface area contributed by atoms with E-state index >= 15 is 0 Å². The topological polar surface area (TPSA) is 105 Å². The molecule has 0 bridgehead atoms. The minimum atomic E-state index is -0.490. The van der Waals surface area contributed by atoms with Gasteiger partial charge < -0.3 is 30.5 Å². The van der Waals surface area contributed by atoms with Crippen LogP contribution in [-0.2, 0) is 11.2 Å². The van der Waals surface area contributed by atoms with Gasteiger partial charge in [-0.3, -0.25) is 0 Å². The van der Waals surface area contributed by atoms with Crippen molar-refractivity contribution in [3.8, 4) is 11.5 Å². The number of benzene rings is 3. The third-order valence-electron chi connectivity index (χ3n) is 8.70. The summed E-state index contributed by atoms with van der Waals surface area (Å²) in [5.41, 5.74) is 9.77. The molecule has 0 radical (unpaired) electrons. The highest BCUT2D eigenvalue weighted by molar-refractivity contribution is 6.06. The summed E-state index contributed by atoms with van der Waals surface area (Å²) in [6, 6.07) is 5.79. The molecule has 1 aliphatic heterocycles. The lowest BCUT2D eigenvalue weighted by molar-refractivity contribution is -0.110. The number of methoxy groups -OCH3 is 1. The Balaban J connectivity index is 0.000000298. The summed E-state index contributed by atoms with van der Waals surface area (Å²) in [4.78, 5) is 0. The van der Waals surface area contributed by atoms with Gasteiger partial charge in [0, 0.05) is 22.4 Å². The lowest BCUT2D eigenvalue weighted by Crippen LogP contribution is -2.50. The van der Waals surface area contributed by atoms with Gasteiger partial charge in [-0.25, -0.2) is 0 Å². The van der Waals surface area contributed by atoms with E-state index in [1.54, 1.807) is 7.11 Å². The Hall–Kier alpha value is -2.90. The number of aliphatic hydroxyl groups excluding tert-OH is 2. The van der Waals surface area contributed by atoms with Gasteiger partial charge in [0.15, 0.2) is 0 Å². The molecule has 1 aliphatic carbocycles. The first-order valence-electron chi connectivity index (χ1n) is 13.7. The number of aliphatic hydroxyl groups is 2. The molecule has 3 aromatic rings. The molecule has 6 heteroatoms. The van der Waals surface area contributed by atoms with Crippen molar-refractivity contribution in [2.75, 3.05) is 13.7 Å². The number of ether oxygens (including phenoxy) is 2. The Morgan fingerprint density at radius 2 is 1.79 bits per heavy atom. The molecule has 5 N–H and O–H groups in total. The van der Waals surface area contributed by atoms with E-state index in [9.17, 15) is 15.3 Å². The van der Waals surface area contributed by atoms with Gasteiger partial charge in [-0.2, -0.15) is 0 Å². The third-order valence-corrected chi connectivity index (χ3v) is 8.70. The van der Waals surface area contributed by atoms with Crippen molar-refractivity contribution in [2.24, 2.45) is 11.7 Å². The fourth-order valence-corrected chi connectivity index (χ4v) is 6.61. The molecule has 1 saturated heterocycles. The predicted molar refractivity (Wildman–Crippen MR) is 160 cm³/mol. The van der Waals surface area contributed by atoms with Gasteiger partial charge in [-0.1, -0.05) is 38.8 Å². The Bertz CT molecular complexity index is 1500. The molecule has 5 rings (SSSR count). The van der Waals surface area contributed by atoms with Crippen LogP contribution in [0.4, 0.5) is 0 Å². The van der Waals surface area contributed by atoms with Crippen LogP contribution in [0.3, 0.4) is 0 Å². The number of aromatic hydroxyl groups is 1. The largest absolute Gasteiger partial charge is 0.507 e. The molecule has 39 heavy (non-hydrogen) atoms. The number of phenolic OH excluding ortho intramolecular Hbond substituents is 1. The normalized spacial score (nSPS) is 26.6. The number of rotatable bonds is 3. The van der Waals surface area contributed by atoms with Crippen LogP contribution in [0.25, 0.3) is 34.7 Å². The highest BCUT2D eigenvalue weighted by atomic mass is 16.5. The molecule has 6 nitrogen and oxygen atoms in total. The lowest BCUT2D eigenvalue weighted by Gasteiger charge is -2.34. The maximum atomic E-state index is 11.4. The second kappa shape index (κ2) is 11.3. The zero-order valence-electron chi connectivity index (χ0n) is 23.9. The highest BCUT2D eigenvalue weighted by Crippen LogP contribution is 2.46. The maximum absolute atomic E-state index is 11.4. The van der Waals surface area contributed by atoms with Crippen molar-refractivity contribution in [1.82, 2.24) is 0 Å². The summed E-state index contributed by atoms with van der Waals surface area (Å²) in [6.07, 6.45) is 1.98. The predicted octanol–water partition coefficient (Wildman–Crippen LogP) is 3.92. The van der Waals surface area contributed by atoms with Crippen LogP contribution in [0.1, 0.15) is 56.2 Å². The van der Waals surface area contributed by atoms with E-state index < -0.39 is 6.10 Å². The second-order valence-corrected chi connectivity index (χ2v) is 11.4. The van der Waals surface area contributed by atoms with Gasteiger partial charge >= 0.3 is 0 Å². The maximum Gasteiger partial charge on any atom is 0.127 e. The number of aryl methyl sites for hydroxylation is 1. The number of fused-ring (bicyclic) bond motifs is 3. The summed E-state index contributed by atoms with van der Waals surface area (Å²) in [6.45, 7) is 20.9. The summed E-state index contributed by atoms with van der Waals surface area (Å²) >= 11 is 0. The van der Waals surface area contributed by atoms with Crippen LogP contribution in [0.2, 0.25) is 0 Å². The van der Waals surface area contributed by atoms with E-state index in [1.165, 1.54) is 0 Å². The molecule has 0 spiro atoms.